The molecule has 0 aliphatic carbocycles. The zero-order chi connectivity index (χ0) is 11.5. The van der Waals surface area contributed by atoms with Crippen LogP contribution in [0.4, 0.5) is 0 Å². The third-order valence-electron chi connectivity index (χ3n) is 2.31. The molecule has 0 saturated heterocycles. The summed E-state index contributed by atoms with van der Waals surface area (Å²) in [5.41, 5.74) is 1.25. The van der Waals surface area contributed by atoms with E-state index in [-0.39, 0.29) is 5.78 Å². The van der Waals surface area contributed by atoms with Crippen LogP contribution in [0.25, 0.3) is 11.3 Å². The van der Waals surface area contributed by atoms with Gasteiger partial charge >= 0.3 is 0 Å². The van der Waals surface area contributed by atoms with Gasteiger partial charge in [-0.25, -0.2) is 0 Å². The minimum Gasteiger partial charge on any atom is -0.453 e. The molecule has 0 radical (unpaired) electrons. The highest BCUT2D eigenvalue weighted by Crippen LogP contribution is 2.24. The van der Waals surface area contributed by atoms with Crippen LogP contribution in [0.15, 0.2) is 40.8 Å². The van der Waals surface area contributed by atoms with E-state index in [2.05, 4.69) is 0 Å². The SMILES string of the molecule is CC(=O)c1ccc(-c2ccccc2C=O)o1. The van der Waals surface area contributed by atoms with E-state index in [9.17, 15) is 9.59 Å². The van der Waals surface area contributed by atoms with Crippen molar-refractivity contribution >= 4 is 12.1 Å². The topological polar surface area (TPSA) is 47.3 Å². The minimum absolute atomic E-state index is 0.130. The zero-order valence-electron chi connectivity index (χ0n) is 8.77. The van der Waals surface area contributed by atoms with Crippen molar-refractivity contribution in [2.24, 2.45) is 0 Å². The van der Waals surface area contributed by atoms with Crippen molar-refractivity contribution in [3.8, 4) is 11.3 Å². The summed E-state index contributed by atoms with van der Waals surface area (Å²) in [4.78, 5) is 21.9. The van der Waals surface area contributed by atoms with Crippen LogP contribution in [-0.4, -0.2) is 12.1 Å². The predicted molar refractivity (Wildman–Crippen MR) is 59.5 cm³/mol. The van der Waals surface area contributed by atoms with Crippen LogP contribution in [0, 0.1) is 0 Å². The molecule has 0 aliphatic heterocycles. The molecule has 80 valence electrons. The van der Waals surface area contributed by atoms with Crippen LogP contribution in [0.5, 0.6) is 0 Å². The summed E-state index contributed by atoms with van der Waals surface area (Å²) in [5.74, 6) is 0.707. The normalized spacial score (nSPS) is 10.1. The lowest BCUT2D eigenvalue weighted by Gasteiger charge is -1.99. The van der Waals surface area contributed by atoms with Gasteiger partial charge in [-0.05, 0) is 12.1 Å². The first-order valence-corrected chi connectivity index (χ1v) is 4.87. The summed E-state index contributed by atoms with van der Waals surface area (Å²) in [5, 5.41) is 0. The summed E-state index contributed by atoms with van der Waals surface area (Å²) in [7, 11) is 0. The summed E-state index contributed by atoms with van der Waals surface area (Å²) in [6, 6.07) is 10.4. The van der Waals surface area contributed by atoms with Gasteiger partial charge in [-0.15, -0.1) is 0 Å². The van der Waals surface area contributed by atoms with Crippen molar-refractivity contribution in [2.75, 3.05) is 0 Å². The Bertz CT molecular complexity index is 538. The molecule has 0 saturated carbocycles. The Kier molecular flexibility index (Phi) is 2.68. The van der Waals surface area contributed by atoms with Gasteiger partial charge in [0.05, 0.1) is 0 Å². The fourth-order valence-electron chi connectivity index (χ4n) is 1.50. The standard InChI is InChI=1S/C13H10O3/c1-9(15)12-6-7-13(16-12)11-5-3-2-4-10(11)8-14/h2-8H,1H3. The van der Waals surface area contributed by atoms with E-state index in [1.54, 1.807) is 30.3 Å². The molecule has 1 heterocycles. The second-order valence-electron chi connectivity index (χ2n) is 3.43. The van der Waals surface area contributed by atoms with Gasteiger partial charge in [0.1, 0.15) is 5.76 Å². The third kappa shape index (κ3) is 1.80. The Labute approximate surface area is 92.7 Å². The largest absolute Gasteiger partial charge is 0.453 e. The molecule has 1 aromatic carbocycles. The van der Waals surface area contributed by atoms with Crippen molar-refractivity contribution < 1.29 is 14.0 Å². The quantitative estimate of drug-likeness (QED) is 0.583. The molecule has 0 N–H and O–H groups in total. The molecule has 0 aliphatic rings. The molecular formula is C13H10O3. The lowest BCUT2D eigenvalue weighted by atomic mass is 10.1. The number of furan rings is 1. The first kappa shape index (κ1) is 10.4. The second-order valence-corrected chi connectivity index (χ2v) is 3.43. The molecule has 0 spiro atoms. The van der Waals surface area contributed by atoms with Gasteiger partial charge in [0.25, 0.3) is 0 Å². The monoisotopic (exact) mass is 214 g/mol. The van der Waals surface area contributed by atoms with E-state index in [0.29, 0.717) is 22.6 Å². The molecule has 1 aromatic heterocycles. The van der Waals surface area contributed by atoms with Gasteiger partial charge < -0.3 is 4.42 Å². The van der Waals surface area contributed by atoms with Gasteiger partial charge in [-0.3, -0.25) is 9.59 Å². The highest BCUT2D eigenvalue weighted by Gasteiger charge is 2.10. The molecule has 0 unspecified atom stereocenters. The number of hydrogen-bond donors (Lipinski definition) is 0. The van der Waals surface area contributed by atoms with Crippen molar-refractivity contribution in [3.63, 3.8) is 0 Å². The summed E-state index contributed by atoms with van der Waals surface area (Å²) >= 11 is 0. The van der Waals surface area contributed by atoms with Crippen LogP contribution in [0.2, 0.25) is 0 Å². The molecule has 0 fully saturated rings. The van der Waals surface area contributed by atoms with E-state index in [1.807, 2.05) is 6.07 Å². The van der Waals surface area contributed by atoms with Crippen molar-refractivity contribution in [2.45, 2.75) is 6.92 Å². The van der Waals surface area contributed by atoms with Gasteiger partial charge in [0.2, 0.25) is 0 Å². The van der Waals surface area contributed by atoms with Crippen molar-refractivity contribution in [3.05, 3.63) is 47.7 Å². The lowest BCUT2D eigenvalue weighted by molar-refractivity contribution is 0.0988. The maximum absolute atomic E-state index is 11.1. The average Bonchev–Trinajstić information content (AvgIpc) is 2.78. The number of carbonyl (C=O) groups excluding carboxylic acids is 2. The first-order chi connectivity index (χ1) is 7.72. The molecule has 2 aromatic rings. The zero-order valence-corrected chi connectivity index (χ0v) is 8.77. The number of rotatable bonds is 3. The molecule has 16 heavy (non-hydrogen) atoms. The maximum atomic E-state index is 11.1. The van der Waals surface area contributed by atoms with E-state index in [4.69, 9.17) is 4.42 Å². The smallest absolute Gasteiger partial charge is 0.194 e. The molecule has 2 rings (SSSR count). The minimum atomic E-state index is -0.130. The Morgan fingerprint density at radius 2 is 1.94 bits per heavy atom. The molecule has 0 bridgehead atoms. The number of ketones is 1. The number of Topliss-reactive ketones (excluding diaryl/α,β-unsaturated/α-hetero) is 1. The number of aldehydes is 1. The summed E-state index contributed by atoms with van der Waals surface area (Å²) < 4.78 is 5.37. The number of carbonyl (C=O) groups is 2. The predicted octanol–water partition coefficient (Wildman–Crippen LogP) is 2.96. The molecule has 0 atom stereocenters. The Hall–Kier alpha value is -2.16. The van der Waals surface area contributed by atoms with Crippen LogP contribution in [-0.2, 0) is 0 Å². The van der Waals surface area contributed by atoms with E-state index >= 15 is 0 Å². The van der Waals surface area contributed by atoms with Crippen LogP contribution >= 0.6 is 0 Å². The average molecular weight is 214 g/mol. The molecular weight excluding hydrogens is 204 g/mol. The second kappa shape index (κ2) is 4.14. The van der Waals surface area contributed by atoms with E-state index < -0.39 is 0 Å². The molecule has 0 amide bonds. The van der Waals surface area contributed by atoms with Gasteiger partial charge in [0.15, 0.2) is 17.8 Å². The van der Waals surface area contributed by atoms with E-state index in [1.165, 1.54) is 6.92 Å². The Balaban J connectivity index is 2.50. The highest BCUT2D eigenvalue weighted by molar-refractivity contribution is 5.92. The summed E-state index contributed by atoms with van der Waals surface area (Å²) in [6.07, 6.45) is 0.769. The number of benzene rings is 1. The Morgan fingerprint density at radius 3 is 2.56 bits per heavy atom. The van der Waals surface area contributed by atoms with Crippen LogP contribution in [0.1, 0.15) is 27.8 Å². The van der Waals surface area contributed by atoms with Gasteiger partial charge in [-0.1, -0.05) is 24.3 Å². The fraction of sp³-hybridized carbons (Fsp3) is 0.0769. The molecule has 3 heteroatoms. The van der Waals surface area contributed by atoms with Crippen LogP contribution in [0.3, 0.4) is 0 Å². The fourth-order valence-corrected chi connectivity index (χ4v) is 1.50. The van der Waals surface area contributed by atoms with Gasteiger partial charge in [0, 0.05) is 18.1 Å². The lowest BCUT2D eigenvalue weighted by Crippen LogP contribution is -1.87. The van der Waals surface area contributed by atoms with Crippen molar-refractivity contribution in [1.29, 1.82) is 0 Å². The maximum Gasteiger partial charge on any atom is 0.194 e. The Morgan fingerprint density at radius 1 is 1.19 bits per heavy atom. The van der Waals surface area contributed by atoms with E-state index in [0.717, 1.165) is 6.29 Å². The van der Waals surface area contributed by atoms with Gasteiger partial charge in [-0.2, -0.15) is 0 Å². The first-order valence-electron chi connectivity index (χ1n) is 4.87. The third-order valence-corrected chi connectivity index (χ3v) is 2.31. The van der Waals surface area contributed by atoms with Crippen molar-refractivity contribution in [1.82, 2.24) is 0 Å². The summed E-state index contributed by atoms with van der Waals surface area (Å²) in [6.45, 7) is 1.44. The molecule has 3 nitrogen and oxygen atoms in total. The van der Waals surface area contributed by atoms with Crippen LogP contribution < -0.4 is 0 Å². The highest BCUT2D eigenvalue weighted by atomic mass is 16.3. The number of hydrogen-bond acceptors (Lipinski definition) is 3.